The average Bonchev–Trinajstić information content (AvgIpc) is 2.93. The highest BCUT2D eigenvalue weighted by Gasteiger charge is 2.27. The van der Waals surface area contributed by atoms with E-state index in [1.54, 1.807) is 29.0 Å². The summed E-state index contributed by atoms with van der Waals surface area (Å²) in [5.41, 5.74) is 2.14. The van der Waals surface area contributed by atoms with Crippen LogP contribution in [-0.2, 0) is 4.79 Å². The summed E-state index contributed by atoms with van der Waals surface area (Å²) in [4.78, 5) is 16.6. The van der Waals surface area contributed by atoms with Crippen LogP contribution in [0.3, 0.4) is 0 Å². The van der Waals surface area contributed by atoms with Crippen molar-refractivity contribution in [3.8, 4) is 11.5 Å². The SMILES string of the molecule is Cc1cc2ncc(NC(=O)[C@@H]3COc4ccccc4O3)cn2n1. The standard InChI is InChI=1S/C16H14N4O3/c1-10-6-15-17-7-11(8-20(15)19-10)18-16(21)14-9-22-12-4-2-3-5-13(12)23-14/h2-8,14H,9H2,1H3,(H,18,21)/t14-/m0/s1. The molecule has 0 bridgehead atoms. The Hall–Kier alpha value is -3.09. The number of hydrogen-bond donors (Lipinski definition) is 1. The Balaban J connectivity index is 1.51. The number of carbonyl (C=O) groups is 1. The Kier molecular flexibility index (Phi) is 3.11. The first kappa shape index (κ1) is 13.6. The van der Waals surface area contributed by atoms with Crippen molar-refractivity contribution in [3.63, 3.8) is 0 Å². The lowest BCUT2D eigenvalue weighted by Crippen LogP contribution is -2.40. The van der Waals surface area contributed by atoms with Crippen molar-refractivity contribution in [1.82, 2.24) is 14.6 Å². The van der Waals surface area contributed by atoms with E-state index in [-0.39, 0.29) is 12.5 Å². The van der Waals surface area contributed by atoms with Gasteiger partial charge in [0, 0.05) is 6.07 Å². The van der Waals surface area contributed by atoms with E-state index in [1.165, 1.54) is 0 Å². The van der Waals surface area contributed by atoms with Crippen LogP contribution in [0.5, 0.6) is 11.5 Å². The number of amides is 1. The Bertz CT molecular complexity index is 890. The van der Waals surface area contributed by atoms with Gasteiger partial charge in [-0.3, -0.25) is 4.79 Å². The molecule has 0 unspecified atom stereocenters. The minimum Gasteiger partial charge on any atom is -0.485 e. The molecule has 0 fully saturated rings. The molecule has 116 valence electrons. The average molecular weight is 310 g/mol. The second-order valence-corrected chi connectivity index (χ2v) is 5.28. The molecule has 0 radical (unpaired) electrons. The molecule has 3 heterocycles. The van der Waals surface area contributed by atoms with Gasteiger partial charge in [0.05, 0.1) is 23.8 Å². The van der Waals surface area contributed by atoms with Gasteiger partial charge in [-0.15, -0.1) is 0 Å². The molecule has 4 rings (SSSR count). The van der Waals surface area contributed by atoms with Crippen molar-refractivity contribution in [2.24, 2.45) is 0 Å². The van der Waals surface area contributed by atoms with Gasteiger partial charge in [-0.1, -0.05) is 12.1 Å². The van der Waals surface area contributed by atoms with Gasteiger partial charge in [0.25, 0.3) is 5.91 Å². The Morgan fingerprint density at radius 2 is 2.17 bits per heavy atom. The molecule has 1 amide bonds. The predicted octanol–water partition coefficient (Wildman–Crippen LogP) is 1.82. The Morgan fingerprint density at radius 1 is 1.35 bits per heavy atom. The lowest BCUT2D eigenvalue weighted by Gasteiger charge is -2.25. The molecule has 0 aliphatic carbocycles. The lowest BCUT2D eigenvalue weighted by atomic mass is 10.2. The number of rotatable bonds is 2. The highest BCUT2D eigenvalue weighted by molar-refractivity contribution is 5.94. The summed E-state index contributed by atoms with van der Waals surface area (Å²) in [5.74, 6) is 0.923. The smallest absolute Gasteiger partial charge is 0.269 e. The largest absolute Gasteiger partial charge is 0.485 e. The van der Waals surface area contributed by atoms with Crippen LogP contribution < -0.4 is 14.8 Å². The van der Waals surface area contributed by atoms with Crippen molar-refractivity contribution in [1.29, 1.82) is 0 Å². The molecule has 23 heavy (non-hydrogen) atoms. The maximum atomic E-state index is 12.3. The number of para-hydroxylation sites is 2. The summed E-state index contributed by atoms with van der Waals surface area (Å²) < 4.78 is 12.9. The van der Waals surface area contributed by atoms with Crippen LogP contribution in [0, 0.1) is 6.92 Å². The molecule has 3 aromatic rings. The highest BCUT2D eigenvalue weighted by atomic mass is 16.6. The topological polar surface area (TPSA) is 77.8 Å². The maximum Gasteiger partial charge on any atom is 0.269 e. The van der Waals surface area contributed by atoms with Gasteiger partial charge in [0.15, 0.2) is 17.1 Å². The second kappa shape index (κ2) is 5.28. The fraction of sp³-hybridized carbons (Fsp3) is 0.188. The first-order valence-electron chi connectivity index (χ1n) is 7.20. The number of ether oxygens (including phenoxy) is 2. The lowest BCUT2D eigenvalue weighted by molar-refractivity contribution is -0.125. The quantitative estimate of drug-likeness (QED) is 0.781. The molecule has 1 N–H and O–H groups in total. The van der Waals surface area contributed by atoms with Gasteiger partial charge < -0.3 is 14.8 Å². The van der Waals surface area contributed by atoms with Crippen LogP contribution in [0.25, 0.3) is 5.65 Å². The fourth-order valence-corrected chi connectivity index (χ4v) is 2.43. The van der Waals surface area contributed by atoms with Crippen molar-refractivity contribution in [3.05, 3.63) is 48.4 Å². The monoisotopic (exact) mass is 310 g/mol. The zero-order chi connectivity index (χ0) is 15.8. The van der Waals surface area contributed by atoms with Crippen LogP contribution >= 0.6 is 0 Å². The molecule has 1 aliphatic rings. The highest BCUT2D eigenvalue weighted by Crippen LogP contribution is 2.31. The zero-order valence-electron chi connectivity index (χ0n) is 12.4. The summed E-state index contributed by atoms with van der Waals surface area (Å²) in [7, 11) is 0. The summed E-state index contributed by atoms with van der Waals surface area (Å²) in [6, 6.07) is 9.13. The van der Waals surface area contributed by atoms with Crippen molar-refractivity contribution in [2.45, 2.75) is 13.0 Å². The van der Waals surface area contributed by atoms with E-state index in [1.807, 2.05) is 25.1 Å². The third kappa shape index (κ3) is 2.57. The number of anilines is 1. The number of fused-ring (bicyclic) bond motifs is 2. The number of aromatic nitrogens is 3. The van der Waals surface area contributed by atoms with Crippen LogP contribution in [-0.4, -0.2) is 33.2 Å². The van der Waals surface area contributed by atoms with Gasteiger partial charge in [-0.05, 0) is 19.1 Å². The van der Waals surface area contributed by atoms with E-state index < -0.39 is 6.10 Å². The van der Waals surface area contributed by atoms with E-state index >= 15 is 0 Å². The van der Waals surface area contributed by atoms with Crippen molar-refractivity contribution in [2.75, 3.05) is 11.9 Å². The first-order valence-corrected chi connectivity index (χ1v) is 7.20. The fourth-order valence-electron chi connectivity index (χ4n) is 2.43. The minimum absolute atomic E-state index is 0.166. The Labute approximate surface area is 131 Å². The molecule has 0 saturated carbocycles. The van der Waals surface area contributed by atoms with Gasteiger partial charge in [0.1, 0.15) is 6.61 Å². The van der Waals surface area contributed by atoms with Crippen molar-refractivity contribution >= 4 is 17.2 Å². The molecule has 1 aromatic carbocycles. The van der Waals surface area contributed by atoms with Crippen LogP contribution in [0.15, 0.2) is 42.7 Å². The molecule has 2 aromatic heterocycles. The van der Waals surface area contributed by atoms with Gasteiger partial charge in [-0.25, -0.2) is 9.50 Å². The number of carbonyl (C=O) groups excluding carboxylic acids is 1. The predicted molar refractivity (Wildman–Crippen MR) is 82.7 cm³/mol. The van der Waals surface area contributed by atoms with E-state index in [0.717, 1.165) is 11.3 Å². The summed E-state index contributed by atoms with van der Waals surface area (Å²) in [5, 5.41) is 7.05. The van der Waals surface area contributed by atoms with Gasteiger partial charge in [-0.2, -0.15) is 5.10 Å². The molecule has 1 aliphatic heterocycles. The molecular weight excluding hydrogens is 296 g/mol. The zero-order valence-corrected chi connectivity index (χ0v) is 12.4. The van der Waals surface area contributed by atoms with Crippen molar-refractivity contribution < 1.29 is 14.3 Å². The van der Waals surface area contributed by atoms with Crippen LogP contribution in [0.2, 0.25) is 0 Å². The Morgan fingerprint density at radius 3 is 3.04 bits per heavy atom. The number of hydrogen-bond acceptors (Lipinski definition) is 5. The van der Waals surface area contributed by atoms with Gasteiger partial charge >= 0.3 is 0 Å². The normalized spacial score (nSPS) is 16.3. The van der Waals surface area contributed by atoms with Crippen LogP contribution in [0.4, 0.5) is 5.69 Å². The van der Waals surface area contributed by atoms with E-state index in [9.17, 15) is 4.79 Å². The number of aryl methyl sites for hydroxylation is 1. The first-order chi connectivity index (χ1) is 11.2. The maximum absolute atomic E-state index is 12.3. The minimum atomic E-state index is -0.708. The number of nitrogens with one attached hydrogen (secondary N) is 1. The summed E-state index contributed by atoms with van der Waals surface area (Å²) in [6.45, 7) is 2.05. The molecule has 7 nitrogen and oxygen atoms in total. The molecular formula is C16H14N4O3. The van der Waals surface area contributed by atoms with E-state index in [2.05, 4.69) is 15.4 Å². The van der Waals surface area contributed by atoms with E-state index in [0.29, 0.717) is 17.2 Å². The van der Waals surface area contributed by atoms with Crippen LogP contribution in [0.1, 0.15) is 5.69 Å². The number of nitrogens with zero attached hydrogens (tertiary/aromatic N) is 3. The summed E-state index contributed by atoms with van der Waals surface area (Å²) in [6.07, 6.45) is 2.59. The molecule has 0 saturated heterocycles. The van der Waals surface area contributed by atoms with Gasteiger partial charge in [0.2, 0.25) is 6.10 Å². The van der Waals surface area contributed by atoms with E-state index in [4.69, 9.17) is 9.47 Å². The molecule has 1 atom stereocenters. The molecule has 0 spiro atoms. The third-order valence-corrected chi connectivity index (χ3v) is 3.50. The second-order valence-electron chi connectivity index (χ2n) is 5.28. The molecule has 7 heteroatoms. The number of benzene rings is 1. The summed E-state index contributed by atoms with van der Waals surface area (Å²) >= 11 is 0. The third-order valence-electron chi connectivity index (χ3n) is 3.50.